The molecule has 1 heterocycles. The standard InChI is InChI=1S/C15H14ClFN2O/c1-9-7-14(16)13(8-18-9)15(20)19-10(2)11-3-5-12(17)6-4-11/h3-8,10H,1-2H3,(H,19,20). The van der Waals surface area contributed by atoms with Gasteiger partial charge in [0.15, 0.2) is 0 Å². The molecule has 1 atom stereocenters. The number of pyridine rings is 1. The number of nitrogens with zero attached hydrogens (tertiary/aromatic N) is 1. The van der Waals surface area contributed by atoms with Crippen molar-refractivity contribution < 1.29 is 9.18 Å². The molecule has 3 nitrogen and oxygen atoms in total. The van der Waals surface area contributed by atoms with Crippen LogP contribution >= 0.6 is 11.6 Å². The molecule has 2 rings (SSSR count). The molecule has 0 aliphatic heterocycles. The normalized spacial score (nSPS) is 12.0. The average Bonchev–Trinajstić information content (AvgIpc) is 2.39. The van der Waals surface area contributed by atoms with Crippen molar-refractivity contribution in [2.45, 2.75) is 19.9 Å². The highest BCUT2D eigenvalue weighted by molar-refractivity contribution is 6.33. The molecule has 20 heavy (non-hydrogen) atoms. The van der Waals surface area contributed by atoms with Crippen molar-refractivity contribution in [2.75, 3.05) is 0 Å². The van der Waals surface area contributed by atoms with Gasteiger partial charge in [-0.1, -0.05) is 23.7 Å². The summed E-state index contributed by atoms with van der Waals surface area (Å²) in [4.78, 5) is 16.2. The maximum absolute atomic E-state index is 12.9. The minimum atomic E-state index is -0.307. The molecule has 0 aliphatic rings. The number of nitrogens with one attached hydrogen (secondary N) is 1. The lowest BCUT2D eigenvalue weighted by molar-refractivity contribution is 0.0939. The van der Waals surface area contributed by atoms with E-state index >= 15 is 0 Å². The van der Waals surface area contributed by atoms with Gasteiger partial charge in [0.2, 0.25) is 0 Å². The number of halogens is 2. The van der Waals surface area contributed by atoms with Crippen molar-refractivity contribution in [1.29, 1.82) is 0 Å². The first-order chi connectivity index (χ1) is 9.47. The first kappa shape index (κ1) is 14.5. The monoisotopic (exact) mass is 292 g/mol. The summed E-state index contributed by atoms with van der Waals surface area (Å²) in [6.07, 6.45) is 1.45. The van der Waals surface area contributed by atoms with Crippen LogP contribution in [-0.4, -0.2) is 10.9 Å². The van der Waals surface area contributed by atoms with Crippen LogP contribution in [0.15, 0.2) is 36.5 Å². The summed E-state index contributed by atoms with van der Waals surface area (Å²) >= 11 is 6.02. The third-order valence-electron chi connectivity index (χ3n) is 2.95. The van der Waals surface area contributed by atoms with Gasteiger partial charge in [-0.15, -0.1) is 0 Å². The number of amides is 1. The van der Waals surface area contributed by atoms with E-state index in [2.05, 4.69) is 10.3 Å². The van der Waals surface area contributed by atoms with Gasteiger partial charge >= 0.3 is 0 Å². The van der Waals surface area contributed by atoms with Crippen molar-refractivity contribution in [2.24, 2.45) is 0 Å². The van der Waals surface area contributed by atoms with Gasteiger partial charge in [0.1, 0.15) is 5.82 Å². The van der Waals surface area contributed by atoms with Crippen molar-refractivity contribution in [3.8, 4) is 0 Å². The predicted molar refractivity (Wildman–Crippen MR) is 76.3 cm³/mol. The molecule has 0 aliphatic carbocycles. The van der Waals surface area contributed by atoms with Gasteiger partial charge < -0.3 is 5.32 Å². The maximum atomic E-state index is 12.9. The fraction of sp³-hybridized carbons (Fsp3) is 0.200. The van der Waals surface area contributed by atoms with Gasteiger partial charge in [0.25, 0.3) is 5.91 Å². The topological polar surface area (TPSA) is 42.0 Å². The molecular weight excluding hydrogens is 279 g/mol. The quantitative estimate of drug-likeness (QED) is 0.938. The SMILES string of the molecule is Cc1cc(Cl)c(C(=O)NC(C)c2ccc(F)cc2)cn1. The van der Waals surface area contributed by atoms with Gasteiger partial charge in [-0.2, -0.15) is 0 Å². The third-order valence-corrected chi connectivity index (χ3v) is 3.27. The van der Waals surface area contributed by atoms with E-state index < -0.39 is 0 Å². The molecule has 0 radical (unpaired) electrons. The molecule has 0 bridgehead atoms. The van der Waals surface area contributed by atoms with E-state index in [1.807, 2.05) is 6.92 Å². The minimum absolute atomic E-state index is 0.250. The van der Waals surface area contributed by atoms with Gasteiger partial charge in [0, 0.05) is 11.9 Å². The first-order valence-corrected chi connectivity index (χ1v) is 6.53. The van der Waals surface area contributed by atoms with E-state index in [0.717, 1.165) is 11.3 Å². The highest BCUT2D eigenvalue weighted by Crippen LogP contribution is 2.18. The van der Waals surface area contributed by atoms with E-state index in [9.17, 15) is 9.18 Å². The highest BCUT2D eigenvalue weighted by atomic mass is 35.5. The predicted octanol–water partition coefficient (Wildman–Crippen LogP) is 3.67. The average molecular weight is 293 g/mol. The molecular formula is C15H14ClFN2O. The second-order valence-corrected chi connectivity index (χ2v) is 4.96. The molecule has 1 aromatic heterocycles. The lowest BCUT2D eigenvalue weighted by Gasteiger charge is -2.15. The number of carbonyl (C=O) groups is 1. The fourth-order valence-corrected chi connectivity index (χ4v) is 2.10. The molecule has 0 saturated heterocycles. The van der Waals surface area contributed by atoms with E-state index in [4.69, 9.17) is 11.6 Å². The van der Waals surface area contributed by atoms with Crippen LogP contribution in [0, 0.1) is 12.7 Å². The van der Waals surface area contributed by atoms with E-state index in [1.54, 1.807) is 25.1 Å². The Hall–Kier alpha value is -1.94. The molecule has 104 valence electrons. The Morgan fingerprint density at radius 2 is 2.00 bits per heavy atom. The van der Waals surface area contributed by atoms with Crippen LogP contribution < -0.4 is 5.32 Å². The van der Waals surface area contributed by atoms with Crippen LogP contribution in [0.25, 0.3) is 0 Å². The van der Waals surface area contributed by atoms with Gasteiger partial charge in [-0.25, -0.2) is 4.39 Å². The van der Waals surface area contributed by atoms with Crippen LogP contribution in [0.1, 0.15) is 34.6 Å². The van der Waals surface area contributed by atoms with Crippen LogP contribution in [0.4, 0.5) is 4.39 Å². The number of aromatic nitrogens is 1. The number of benzene rings is 1. The third kappa shape index (κ3) is 3.33. The number of carbonyl (C=O) groups excluding carboxylic acids is 1. The second kappa shape index (κ2) is 6.01. The minimum Gasteiger partial charge on any atom is -0.345 e. The lowest BCUT2D eigenvalue weighted by atomic mass is 10.1. The van der Waals surface area contributed by atoms with Gasteiger partial charge in [-0.05, 0) is 37.6 Å². The summed E-state index contributed by atoms with van der Waals surface area (Å²) in [6, 6.07) is 7.38. The number of hydrogen-bond acceptors (Lipinski definition) is 2. The van der Waals surface area contributed by atoms with Crippen molar-refractivity contribution in [1.82, 2.24) is 10.3 Å². The zero-order valence-corrected chi connectivity index (χ0v) is 11.9. The van der Waals surface area contributed by atoms with Crippen LogP contribution in [-0.2, 0) is 0 Å². The number of rotatable bonds is 3. The summed E-state index contributed by atoms with van der Waals surface area (Å²) in [6.45, 7) is 3.62. The Balaban J connectivity index is 2.13. The summed E-state index contributed by atoms with van der Waals surface area (Å²) in [7, 11) is 0. The summed E-state index contributed by atoms with van der Waals surface area (Å²) in [5.74, 6) is -0.614. The maximum Gasteiger partial charge on any atom is 0.254 e. The lowest BCUT2D eigenvalue weighted by Crippen LogP contribution is -2.27. The number of aryl methyl sites for hydroxylation is 1. The van der Waals surface area contributed by atoms with Crippen molar-refractivity contribution >= 4 is 17.5 Å². The Labute approximate surface area is 121 Å². The summed E-state index contributed by atoms with van der Waals surface area (Å²) < 4.78 is 12.9. The Kier molecular flexibility index (Phi) is 4.35. The van der Waals surface area contributed by atoms with Crippen LogP contribution in [0.2, 0.25) is 5.02 Å². The van der Waals surface area contributed by atoms with Crippen LogP contribution in [0.5, 0.6) is 0 Å². The number of hydrogen-bond donors (Lipinski definition) is 1. The smallest absolute Gasteiger partial charge is 0.254 e. The van der Waals surface area contributed by atoms with Crippen molar-refractivity contribution in [3.63, 3.8) is 0 Å². The van der Waals surface area contributed by atoms with E-state index in [0.29, 0.717) is 10.6 Å². The molecule has 5 heteroatoms. The molecule has 1 N–H and O–H groups in total. The molecule has 1 unspecified atom stereocenters. The molecule has 1 amide bonds. The molecule has 2 aromatic rings. The highest BCUT2D eigenvalue weighted by Gasteiger charge is 2.14. The Morgan fingerprint density at radius 1 is 1.35 bits per heavy atom. The zero-order chi connectivity index (χ0) is 14.7. The fourth-order valence-electron chi connectivity index (χ4n) is 1.80. The molecule has 1 aromatic carbocycles. The van der Waals surface area contributed by atoms with Crippen LogP contribution in [0.3, 0.4) is 0 Å². The second-order valence-electron chi connectivity index (χ2n) is 4.55. The molecule has 0 fully saturated rings. The molecule has 0 spiro atoms. The van der Waals surface area contributed by atoms with Crippen molar-refractivity contribution in [3.05, 3.63) is 64.2 Å². The zero-order valence-electron chi connectivity index (χ0n) is 11.2. The summed E-state index contributed by atoms with van der Waals surface area (Å²) in [5.41, 5.74) is 1.89. The van der Waals surface area contributed by atoms with E-state index in [-0.39, 0.29) is 17.8 Å². The Morgan fingerprint density at radius 3 is 2.60 bits per heavy atom. The van der Waals surface area contributed by atoms with Gasteiger partial charge in [-0.3, -0.25) is 9.78 Å². The van der Waals surface area contributed by atoms with E-state index in [1.165, 1.54) is 18.3 Å². The van der Waals surface area contributed by atoms with Gasteiger partial charge in [0.05, 0.1) is 16.6 Å². The molecule has 0 saturated carbocycles. The first-order valence-electron chi connectivity index (χ1n) is 6.16. The Bertz CT molecular complexity index is 628. The summed E-state index contributed by atoms with van der Waals surface area (Å²) in [5, 5.41) is 3.17. The largest absolute Gasteiger partial charge is 0.345 e.